The zero-order valence-electron chi connectivity index (χ0n) is 9.19. The van der Waals surface area contributed by atoms with Crippen molar-refractivity contribution < 1.29 is 9.84 Å². The summed E-state index contributed by atoms with van der Waals surface area (Å²) in [5.74, 6) is 1.02. The minimum absolute atomic E-state index is 0. The van der Waals surface area contributed by atoms with Crippen molar-refractivity contribution in [2.24, 2.45) is 0 Å². The van der Waals surface area contributed by atoms with Crippen molar-refractivity contribution in [1.29, 1.82) is 0 Å². The highest BCUT2D eigenvalue weighted by Crippen LogP contribution is 2.33. The lowest BCUT2D eigenvalue weighted by molar-refractivity contribution is 0.365. The van der Waals surface area contributed by atoms with Crippen LogP contribution in [0.1, 0.15) is 11.6 Å². The van der Waals surface area contributed by atoms with Gasteiger partial charge in [-0.1, -0.05) is 6.07 Å². The Balaban J connectivity index is 0.00000128. The largest absolute Gasteiger partial charge is 0.507 e. The van der Waals surface area contributed by atoms with E-state index in [4.69, 9.17) is 4.74 Å². The average molecular weight is 245 g/mol. The van der Waals surface area contributed by atoms with E-state index in [1.54, 1.807) is 19.2 Å². The molecule has 1 fully saturated rings. The molecule has 0 aromatic heterocycles. The summed E-state index contributed by atoms with van der Waals surface area (Å²) in [5, 5.41) is 16.5. The summed E-state index contributed by atoms with van der Waals surface area (Å²) in [6, 6.07) is 5.46. The Hall–Kier alpha value is -0.970. The Morgan fingerprint density at radius 1 is 1.38 bits per heavy atom. The highest BCUT2D eigenvalue weighted by atomic mass is 35.5. The van der Waals surface area contributed by atoms with Gasteiger partial charge >= 0.3 is 0 Å². The maximum Gasteiger partial charge on any atom is 0.127 e. The number of nitrogens with one attached hydrogen (secondary N) is 2. The number of halogens is 1. The Morgan fingerprint density at radius 3 is 2.81 bits per heavy atom. The predicted molar refractivity (Wildman–Crippen MR) is 65.5 cm³/mol. The van der Waals surface area contributed by atoms with Crippen molar-refractivity contribution in [2.45, 2.75) is 6.04 Å². The maximum atomic E-state index is 9.83. The van der Waals surface area contributed by atoms with Crippen molar-refractivity contribution in [3.8, 4) is 11.5 Å². The van der Waals surface area contributed by atoms with Gasteiger partial charge in [-0.3, -0.25) is 0 Å². The second kappa shape index (κ2) is 5.94. The van der Waals surface area contributed by atoms with Crippen LogP contribution in [0.4, 0.5) is 0 Å². The summed E-state index contributed by atoms with van der Waals surface area (Å²) in [6.45, 7) is 2.68. The number of phenols is 1. The average Bonchev–Trinajstić information content (AvgIpc) is 2.29. The number of hydrogen-bond acceptors (Lipinski definition) is 4. The molecule has 4 nitrogen and oxygen atoms in total. The normalized spacial score (nSPS) is 19.9. The number of benzene rings is 1. The van der Waals surface area contributed by atoms with E-state index in [0.717, 1.165) is 30.9 Å². The Labute approximate surface area is 101 Å². The first-order chi connectivity index (χ1) is 7.33. The van der Waals surface area contributed by atoms with Crippen LogP contribution in [0, 0.1) is 0 Å². The predicted octanol–water partition coefficient (Wildman–Crippen LogP) is 1.06. The monoisotopic (exact) mass is 244 g/mol. The molecule has 0 aliphatic carbocycles. The third-order valence-electron chi connectivity index (χ3n) is 2.65. The van der Waals surface area contributed by atoms with E-state index in [-0.39, 0.29) is 24.2 Å². The Bertz CT molecular complexity index is 341. The maximum absolute atomic E-state index is 9.83. The molecule has 16 heavy (non-hydrogen) atoms. The molecule has 0 saturated carbocycles. The van der Waals surface area contributed by atoms with E-state index in [1.165, 1.54) is 0 Å². The standard InChI is InChI=1S/C11H16N2O2.ClH/c1-15-10-4-2-3-9(14)11(10)8-7-12-5-6-13-8;/h2-4,8,12-14H,5-7H2,1H3;1H/t8-;/m1./s1. The van der Waals surface area contributed by atoms with E-state index in [2.05, 4.69) is 10.6 Å². The van der Waals surface area contributed by atoms with Crippen LogP contribution in [0.5, 0.6) is 11.5 Å². The van der Waals surface area contributed by atoms with Gasteiger partial charge in [0.05, 0.1) is 18.7 Å². The van der Waals surface area contributed by atoms with E-state index in [9.17, 15) is 5.11 Å². The number of methoxy groups -OCH3 is 1. The first-order valence-electron chi connectivity index (χ1n) is 5.13. The third kappa shape index (κ3) is 2.58. The summed E-state index contributed by atoms with van der Waals surface area (Å²) in [4.78, 5) is 0. The van der Waals surface area contributed by atoms with Crippen molar-refractivity contribution in [1.82, 2.24) is 10.6 Å². The summed E-state index contributed by atoms with van der Waals surface area (Å²) in [5.41, 5.74) is 0.840. The van der Waals surface area contributed by atoms with Gasteiger partial charge in [0.2, 0.25) is 0 Å². The van der Waals surface area contributed by atoms with Crippen LogP contribution in [0.2, 0.25) is 0 Å². The first-order valence-corrected chi connectivity index (χ1v) is 5.13. The molecule has 1 aromatic rings. The van der Waals surface area contributed by atoms with E-state index in [1.807, 2.05) is 6.07 Å². The molecule has 1 aromatic carbocycles. The molecule has 1 atom stereocenters. The molecule has 1 heterocycles. The SMILES string of the molecule is COc1cccc(O)c1[C@H]1CNCCN1.Cl. The number of phenolic OH excluding ortho intramolecular Hbond substituents is 1. The minimum atomic E-state index is 0. The van der Waals surface area contributed by atoms with Crippen LogP contribution in [-0.2, 0) is 0 Å². The smallest absolute Gasteiger partial charge is 0.127 e. The summed E-state index contributed by atoms with van der Waals surface area (Å²) >= 11 is 0. The van der Waals surface area contributed by atoms with E-state index < -0.39 is 0 Å². The van der Waals surface area contributed by atoms with Crippen molar-refractivity contribution in [2.75, 3.05) is 26.7 Å². The van der Waals surface area contributed by atoms with Crippen LogP contribution in [0.15, 0.2) is 18.2 Å². The van der Waals surface area contributed by atoms with Gasteiger partial charge in [-0.25, -0.2) is 0 Å². The highest BCUT2D eigenvalue weighted by Gasteiger charge is 2.21. The van der Waals surface area contributed by atoms with E-state index in [0.29, 0.717) is 0 Å². The molecule has 0 unspecified atom stereocenters. The number of piperazine rings is 1. The lowest BCUT2D eigenvalue weighted by Gasteiger charge is -2.26. The third-order valence-corrected chi connectivity index (χ3v) is 2.65. The summed E-state index contributed by atoms with van der Waals surface area (Å²) in [6.07, 6.45) is 0. The number of aromatic hydroxyl groups is 1. The molecular weight excluding hydrogens is 228 g/mol. The van der Waals surface area contributed by atoms with Gasteiger partial charge in [-0.05, 0) is 12.1 Å². The first kappa shape index (κ1) is 13.1. The molecule has 2 rings (SSSR count). The molecule has 5 heteroatoms. The topological polar surface area (TPSA) is 53.5 Å². The molecule has 1 aliphatic rings. The molecular formula is C11H17ClN2O2. The zero-order valence-corrected chi connectivity index (χ0v) is 10.0. The van der Waals surface area contributed by atoms with Crippen molar-refractivity contribution in [3.63, 3.8) is 0 Å². The van der Waals surface area contributed by atoms with E-state index >= 15 is 0 Å². The molecule has 0 spiro atoms. The van der Waals surface area contributed by atoms with Crippen molar-refractivity contribution >= 4 is 12.4 Å². The molecule has 0 amide bonds. The molecule has 1 aliphatic heterocycles. The lowest BCUT2D eigenvalue weighted by atomic mass is 10.0. The van der Waals surface area contributed by atoms with Crippen LogP contribution < -0.4 is 15.4 Å². The minimum Gasteiger partial charge on any atom is -0.507 e. The molecule has 90 valence electrons. The molecule has 0 radical (unpaired) electrons. The van der Waals surface area contributed by atoms with Gasteiger partial charge in [0, 0.05) is 19.6 Å². The van der Waals surface area contributed by atoms with Gasteiger partial charge in [-0.15, -0.1) is 12.4 Å². The van der Waals surface area contributed by atoms with Gasteiger partial charge in [0.1, 0.15) is 11.5 Å². The van der Waals surface area contributed by atoms with Gasteiger partial charge in [0.15, 0.2) is 0 Å². The summed E-state index contributed by atoms with van der Waals surface area (Å²) in [7, 11) is 1.62. The Kier molecular flexibility index (Phi) is 4.86. The molecule has 1 saturated heterocycles. The van der Waals surface area contributed by atoms with Gasteiger partial charge in [0.25, 0.3) is 0 Å². The Morgan fingerprint density at radius 2 is 2.19 bits per heavy atom. The zero-order chi connectivity index (χ0) is 10.7. The second-order valence-electron chi connectivity index (χ2n) is 3.60. The van der Waals surface area contributed by atoms with Gasteiger partial charge < -0.3 is 20.5 Å². The number of rotatable bonds is 2. The lowest BCUT2D eigenvalue weighted by Crippen LogP contribution is -2.42. The van der Waals surface area contributed by atoms with Crippen LogP contribution in [0.25, 0.3) is 0 Å². The fraction of sp³-hybridized carbons (Fsp3) is 0.455. The fourth-order valence-electron chi connectivity index (χ4n) is 1.92. The molecule has 3 N–H and O–H groups in total. The van der Waals surface area contributed by atoms with Gasteiger partial charge in [-0.2, -0.15) is 0 Å². The summed E-state index contributed by atoms with van der Waals surface area (Å²) < 4.78 is 5.25. The van der Waals surface area contributed by atoms with Crippen molar-refractivity contribution in [3.05, 3.63) is 23.8 Å². The highest BCUT2D eigenvalue weighted by molar-refractivity contribution is 5.85. The number of ether oxygens (including phenoxy) is 1. The number of hydrogen-bond donors (Lipinski definition) is 3. The van der Waals surface area contributed by atoms with Crippen LogP contribution in [-0.4, -0.2) is 31.9 Å². The van der Waals surface area contributed by atoms with Crippen LogP contribution >= 0.6 is 12.4 Å². The fourth-order valence-corrected chi connectivity index (χ4v) is 1.92. The molecule has 0 bridgehead atoms. The quantitative estimate of drug-likeness (QED) is 0.728. The van der Waals surface area contributed by atoms with Crippen LogP contribution in [0.3, 0.4) is 0 Å². The second-order valence-corrected chi connectivity index (χ2v) is 3.60.